The molecule has 0 aromatic heterocycles. The summed E-state index contributed by atoms with van der Waals surface area (Å²) >= 11 is 0. The first-order valence-electron chi connectivity index (χ1n) is 7.94. The summed E-state index contributed by atoms with van der Waals surface area (Å²) in [5, 5.41) is 6.65. The normalized spacial score (nSPS) is 15.0. The zero-order valence-corrected chi connectivity index (χ0v) is 13.0. The minimum Gasteiger partial charge on any atom is -0.381 e. The number of aliphatic imine (C=N–C) groups is 1. The lowest BCUT2D eigenvalue weighted by molar-refractivity contribution is 0.123. The number of hydrogen-bond acceptors (Lipinski definition) is 2. The van der Waals surface area contributed by atoms with Gasteiger partial charge >= 0.3 is 0 Å². The minimum atomic E-state index is 0.838. The van der Waals surface area contributed by atoms with E-state index in [2.05, 4.69) is 39.9 Å². The maximum absolute atomic E-state index is 5.61. The highest BCUT2D eigenvalue weighted by Gasteiger charge is 2.20. The van der Waals surface area contributed by atoms with Crippen molar-refractivity contribution in [1.29, 1.82) is 0 Å². The third kappa shape index (κ3) is 7.14. The summed E-state index contributed by atoms with van der Waals surface area (Å²) in [6.45, 7) is 3.58. The zero-order valence-electron chi connectivity index (χ0n) is 13.0. The Morgan fingerprint density at radius 3 is 2.67 bits per heavy atom. The van der Waals surface area contributed by atoms with Gasteiger partial charge < -0.3 is 15.4 Å². The van der Waals surface area contributed by atoms with E-state index in [-0.39, 0.29) is 0 Å². The number of nitrogens with zero attached hydrogens (tertiary/aromatic N) is 1. The molecule has 0 saturated heterocycles. The Bertz CT molecular complexity index is 415. The van der Waals surface area contributed by atoms with Crippen molar-refractivity contribution < 1.29 is 4.74 Å². The van der Waals surface area contributed by atoms with Gasteiger partial charge in [0.15, 0.2) is 5.96 Å². The van der Waals surface area contributed by atoms with Crippen LogP contribution in [0, 0.1) is 5.92 Å². The van der Waals surface area contributed by atoms with Crippen LogP contribution < -0.4 is 10.6 Å². The molecule has 2 N–H and O–H groups in total. The molecule has 0 atom stereocenters. The van der Waals surface area contributed by atoms with Gasteiger partial charge in [0.2, 0.25) is 0 Å². The summed E-state index contributed by atoms with van der Waals surface area (Å²) in [5.74, 6) is 1.72. The van der Waals surface area contributed by atoms with Crippen molar-refractivity contribution in [3.63, 3.8) is 0 Å². The van der Waals surface area contributed by atoms with Crippen LogP contribution in [-0.2, 0) is 11.2 Å². The first-order valence-corrected chi connectivity index (χ1v) is 7.94. The smallest absolute Gasteiger partial charge is 0.190 e. The van der Waals surface area contributed by atoms with Gasteiger partial charge in [-0.2, -0.15) is 0 Å². The molecule has 116 valence electrons. The van der Waals surface area contributed by atoms with E-state index >= 15 is 0 Å². The van der Waals surface area contributed by atoms with Gasteiger partial charge in [-0.05, 0) is 37.2 Å². The lowest BCUT2D eigenvalue weighted by Gasteiger charge is -2.12. The second kappa shape index (κ2) is 9.40. The highest BCUT2D eigenvalue weighted by Crippen LogP contribution is 2.28. The maximum atomic E-state index is 5.61. The molecule has 0 radical (unpaired) electrons. The lowest BCUT2D eigenvalue weighted by Crippen LogP contribution is -2.39. The Balaban J connectivity index is 1.49. The van der Waals surface area contributed by atoms with Crippen LogP contribution in [-0.4, -0.2) is 39.3 Å². The largest absolute Gasteiger partial charge is 0.381 e. The van der Waals surface area contributed by atoms with E-state index in [4.69, 9.17) is 4.74 Å². The highest BCUT2D eigenvalue weighted by molar-refractivity contribution is 5.79. The van der Waals surface area contributed by atoms with E-state index in [1.165, 1.54) is 18.4 Å². The van der Waals surface area contributed by atoms with Crippen molar-refractivity contribution in [3.05, 3.63) is 35.9 Å². The molecule has 4 heteroatoms. The van der Waals surface area contributed by atoms with Gasteiger partial charge in [0.1, 0.15) is 0 Å². The fraction of sp³-hybridized carbons (Fsp3) is 0.588. The minimum absolute atomic E-state index is 0.838. The van der Waals surface area contributed by atoms with Gasteiger partial charge in [-0.25, -0.2) is 0 Å². The summed E-state index contributed by atoms with van der Waals surface area (Å²) in [5.41, 5.74) is 1.34. The first-order chi connectivity index (χ1) is 10.4. The van der Waals surface area contributed by atoms with Crippen LogP contribution in [0.15, 0.2) is 35.3 Å². The number of guanidine groups is 1. The topological polar surface area (TPSA) is 45.7 Å². The predicted octanol–water partition coefficient (Wildman–Crippen LogP) is 2.21. The molecule has 4 nitrogen and oxygen atoms in total. The number of ether oxygens (including phenoxy) is 1. The molecule has 1 aromatic carbocycles. The third-order valence-corrected chi connectivity index (χ3v) is 3.58. The molecule has 1 saturated carbocycles. The van der Waals surface area contributed by atoms with Crippen molar-refractivity contribution >= 4 is 5.96 Å². The van der Waals surface area contributed by atoms with Gasteiger partial charge in [0, 0.05) is 33.4 Å². The van der Waals surface area contributed by atoms with E-state index in [9.17, 15) is 0 Å². The number of nitrogens with one attached hydrogen (secondary N) is 2. The Morgan fingerprint density at radius 1 is 1.19 bits per heavy atom. The fourth-order valence-electron chi connectivity index (χ4n) is 2.11. The van der Waals surface area contributed by atoms with Crippen LogP contribution in [0.1, 0.15) is 24.8 Å². The fourth-order valence-corrected chi connectivity index (χ4v) is 2.11. The van der Waals surface area contributed by atoms with Crippen LogP contribution in [0.25, 0.3) is 0 Å². The quantitative estimate of drug-likeness (QED) is 0.416. The SMILES string of the molecule is CN=C(NCCCOCC1CC1)NCCc1ccccc1. The number of rotatable bonds is 9. The summed E-state index contributed by atoms with van der Waals surface area (Å²) in [4.78, 5) is 4.23. The summed E-state index contributed by atoms with van der Waals surface area (Å²) in [7, 11) is 1.81. The molecule has 1 aliphatic carbocycles. The average molecular weight is 289 g/mol. The standard InChI is InChI=1S/C17H27N3O/c1-18-17(19-11-5-13-21-14-16-8-9-16)20-12-10-15-6-3-2-4-7-15/h2-4,6-7,16H,5,8-14H2,1H3,(H2,18,19,20). The molecule has 0 amide bonds. The van der Waals surface area contributed by atoms with Gasteiger partial charge in [0.25, 0.3) is 0 Å². The van der Waals surface area contributed by atoms with E-state index in [0.29, 0.717) is 0 Å². The predicted molar refractivity (Wildman–Crippen MR) is 87.7 cm³/mol. The number of hydrogen-bond donors (Lipinski definition) is 2. The Morgan fingerprint density at radius 2 is 1.95 bits per heavy atom. The van der Waals surface area contributed by atoms with E-state index < -0.39 is 0 Å². The van der Waals surface area contributed by atoms with Gasteiger partial charge in [-0.15, -0.1) is 0 Å². The maximum Gasteiger partial charge on any atom is 0.190 e. The Labute approximate surface area is 128 Å². The molecule has 21 heavy (non-hydrogen) atoms. The van der Waals surface area contributed by atoms with Gasteiger partial charge in [0.05, 0.1) is 0 Å². The molecule has 0 bridgehead atoms. The molecule has 1 fully saturated rings. The van der Waals surface area contributed by atoms with Crippen LogP contribution in [0.5, 0.6) is 0 Å². The van der Waals surface area contributed by atoms with Gasteiger partial charge in [-0.1, -0.05) is 30.3 Å². The van der Waals surface area contributed by atoms with Crippen molar-refractivity contribution in [2.45, 2.75) is 25.7 Å². The average Bonchev–Trinajstić information content (AvgIpc) is 3.34. The third-order valence-electron chi connectivity index (χ3n) is 3.58. The second-order valence-electron chi connectivity index (χ2n) is 5.53. The highest BCUT2D eigenvalue weighted by atomic mass is 16.5. The Kier molecular flexibility index (Phi) is 7.08. The first kappa shape index (κ1) is 15.8. The molecule has 0 unspecified atom stereocenters. The molecule has 2 rings (SSSR count). The van der Waals surface area contributed by atoms with Crippen molar-refractivity contribution in [3.8, 4) is 0 Å². The van der Waals surface area contributed by atoms with Crippen LogP contribution in [0.3, 0.4) is 0 Å². The van der Waals surface area contributed by atoms with E-state index in [0.717, 1.165) is 51.0 Å². The molecular formula is C17H27N3O. The van der Waals surface area contributed by atoms with Crippen LogP contribution >= 0.6 is 0 Å². The zero-order chi connectivity index (χ0) is 14.8. The summed E-state index contributed by atoms with van der Waals surface area (Å²) < 4.78 is 5.61. The van der Waals surface area contributed by atoms with Crippen molar-refractivity contribution in [1.82, 2.24) is 10.6 Å². The molecule has 1 aromatic rings. The molecule has 0 heterocycles. The van der Waals surface area contributed by atoms with Crippen LogP contribution in [0.2, 0.25) is 0 Å². The van der Waals surface area contributed by atoms with Crippen molar-refractivity contribution in [2.75, 3.05) is 33.4 Å². The molecule has 1 aliphatic rings. The second-order valence-corrected chi connectivity index (χ2v) is 5.53. The van der Waals surface area contributed by atoms with Crippen LogP contribution in [0.4, 0.5) is 0 Å². The Hall–Kier alpha value is -1.55. The van der Waals surface area contributed by atoms with Gasteiger partial charge in [-0.3, -0.25) is 4.99 Å². The number of benzene rings is 1. The lowest BCUT2D eigenvalue weighted by atomic mass is 10.1. The van der Waals surface area contributed by atoms with E-state index in [1.807, 2.05) is 6.07 Å². The molecule has 0 aliphatic heterocycles. The monoisotopic (exact) mass is 289 g/mol. The molecule has 0 spiro atoms. The summed E-state index contributed by atoms with van der Waals surface area (Å²) in [6, 6.07) is 10.5. The molecular weight excluding hydrogens is 262 g/mol. The van der Waals surface area contributed by atoms with Crippen molar-refractivity contribution in [2.24, 2.45) is 10.9 Å². The van der Waals surface area contributed by atoms with E-state index in [1.54, 1.807) is 7.05 Å². The summed E-state index contributed by atoms with van der Waals surface area (Å²) in [6.07, 6.45) is 4.74.